The third-order valence-electron chi connectivity index (χ3n) is 0.132. The molecule has 0 fully saturated rings. The van der Waals surface area contributed by atoms with Gasteiger partial charge in [0, 0.05) is 0 Å². The molecule has 0 amide bonds. The average Bonchev–Trinajstić information content (AvgIpc) is 1.38. The standard InChI is InChI=1S/C3H5IO/c1-3(2)5-4/h1H2,2H3. The predicted octanol–water partition coefficient (Wildman–Crippen LogP) is 1.89. The first kappa shape index (κ1) is 5.27. The second kappa shape index (κ2) is 2.50. The molecule has 0 aliphatic heterocycles. The molecule has 0 aromatic carbocycles. The van der Waals surface area contributed by atoms with Crippen molar-refractivity contribution in [2.75, 3.05) is 0 Å². The van der Waals surface area contributed by atoms with Crippen LogP contribution in [0.15, 0.2) is 12.3 Å². The molecule has 0 aliphatic carbocycles. The van der Waals surface area contributed by atoms with E-state index in [2.05, 4.69) is 9.65 Å². The van der Waals surface area contributed by atoms with Gasteiger partial charge in [-0.05, 0) is 6.92 Å². The van der Waals surface area contributed by atoms with Crippen LogP contribution in [-0.4, -0.2) is 0 Å². The van der Waals surface area contributed by atoms with Crippen molar-refractivity contribution in [3.63, 3.8) is 0 Å². The molecule has 0 unspecified atom stereocenters. The summed E-state index contributed by atoms with van der Waals surface area (Å²) in [5.74, 6) is 0.741. The molecule has 0 saturated heterocycles. The van der Waals surface area contributed by atoms with E-state index in [1.54, 1.807) is 29.9 Å². The van der Waals surface area contributed by atoms with Crippen molar-refractivity contribution in [2.45, 2.75) is 6.92 Å². The Morgan fingerprint density at radius 3 is 2.20 bits per heavy atom. The SMILES string of the molecule is C=C(C)OI. The fraction of sp³-hybridized carbons (Fsp3) is 0.333. The highest BCUT2D eigenvalue weighted by Gasteiger charge is 1.68. The van der Waals surface area contributed by atoms with E-state index in [-0.39, 0.29) is 0 Å². The van der Waals surface area contributed by atoms with E-state index in [1.165, 1.54) is 0 Å². The van der Waals surface area contributed by atoms with Gasteiger partial charge < -0.3 is 3.07 Å². The van der Waals surface area contributed by atoms with Gasteiger partial charge in [0.15, 0.2) is 23.0 Å². The highest BCUT2D eigenvalue weighted by atomic mass is 127. The normalized spacial score (nSPS) is 6.80. The summed E-state index contributed by atoms with van der Waals surface area (Å²) in [4.78, 5) is 0. The van der Waals surface area contributed by atoms with Crippen molar-refractivity contribution in [3.8, 4) is 0 Å². The predicted molar refractivity (Wildman–Crippen MR) is 29.9 cm³/mol. The number of halogens is 1. The Morgan fingerprint density at radius 1 is 2.00 bits per heavy atom. The van der Waals surface area contributed by atoms with Crippen LogP contribution in [0.5, 0.6) is 0 Å². The summed E-state index contributed by atoms with van der Waals surface area (Å²) >= 11 is 1.78. The maximum absolute atomic E-state index is 4.53. The largest absolute Gasteiger partial charge is 0.433 e. The molecule has 0 spiro atoms. The van der Waals surface area contributed by atoms with E-state index in [1.807, 2.05) is 0 Å². The zero-order valence-electron chi connectivity index (χ0n) is 2.99. The van der Waals surface area contributed by atoms with Crippen molar-refractivity contribution < 1.29 is 3.07 Å². The summed E-state index contributed by atoms with van der Waals surface area (Å²) in [6.45, 7) is 5.24. The van der Waals surface area contributed by atoms with E-state index in [4.69, 9.17) is 0 Å². The maximum Gasteiger partial charge on any atom is 0.192 e. The summed E-state index contributed by atoms with van der Waals surface area (Å²) in [5.41, 5.74) is 0. The molecule has 2 heteroatoms. The Bertz CT molecular complexity index is 42.2. The minimum Gasteiger partial charge on any atom is -0.433 e. The number of hydrogen-bond acceptors (Lipinski definition) is 1. The molecule has 0 aromatic rings. The van der Waals surface area contributed by atoms with Gasteiger partial charge in [0.2, 0.25) is 0 Å². The fourth-order valence-electron chi connectivity index (χ4n) is 0. The quantitative estimate of drug-likeness (QED) is 0.446. The lowest BCUT2D eigenvalue weighted by atomic mass is 10.7. The highest BCUT2D eigenvalue weighted by Crippen LogP contribution is 1.94. The fourth-order valence-corrected chi connectivity index (χ4v) is 0. The van der Waals surface area contributed by atoms with Gasteiger partial charge >= 0.3 is 0 Å². The van der Waals surface area contributed by atoms with E-state index in [0.717, 1.165) is 5.76 Å². The van der Waals surface area contributed by atoms with Gasteiger partial charge in [-0.15, -0.1) is 0 Å². The van der Waals surface area contributed by atoms with E-state index >= 15 is 0 Å². The first-order valence-electron chi connectivity index (χ1n) is 1.21. The van der Waals surface area contributed by atoms with Crippen LogP contribution in [0.2, 0.25) is 0 Å². The Labute approximate surface area is 45.7 Å². The summed E-state index contributed by atoms with van der Waals surface area (Å²) in [5, 5.41) is 0. The molecule has 0 radical (unpaired) electrons. The Kier molecular flexibility index (Phi) is 2.64. The second-order valence-corrected chi connectivity index (χ2v) is 1.22. The van der Waals surface area contributed by atoms with Gasteiger partial charge in [0.1, 0.15) is 0 Å². The Balaban J connectivity index is 2.85. The van der Waals surface area contributed by atoms with E-state index in [9.17, 15) is 0 Å². The number of allylic oxidation sites excluding steroid dienone is 1. The lowest BCUT2D eigenvalue weighted by Crippen LogP contribution is -1.59. The van der Waals surface area contributed by atoms with Crippen molar-refractivity contribution in [3.05, 3.63) is 12.3 Å². The minimum atomic E-state index is 0.741. The molecule has 1 nitrogen and oxygen atoms in total. The average molecular weight is 184 g/mol. The monoisotopic (exact) mass is 184 g/mol. The van der Waals surface area contributed by atoms with E-state index in [0.29, 0.717) is 0 Å². The lowest BCUT2D eigenvalue weighted by molar-refractivity contribution is 0.568. The van der Waals surface area contributed by atoms with Gasteiger partial charge in [0.25, 0.3) is 0 Å². The Morgan fingerprint density at radius 2 is 2.20 bits per heavy atom. The van der Waals surface area contributed by atoms with Crippen LogP contribution in [0.4, 0.5) is 0 Å². The summed E-state index contributed by atoms with van der Waals surface area (Å²) in [7, 11) is 0. The first-order chi connectivity index (χ1) is 2.27. The van der Waals surface area contributed by atoms with Gasteiger partial charge in [0.05, 0.1) is 5.76 Å². The van der Waals surface area contributed by atoms with Crippen LogP contribution in [0.25, 0.3) is 0 Å². The zero-order chi connectivity index (χ0) is 4.28. The van der Waals surface area contributed by atoms with Gasteiger partial charge in [-0.25, -0.2) is 0 Å². The van der Waals surface area contributed by atoms with Crippen molar-refractivity contribution in [2.24, 2.45) is 0 Å². The topological polar surface area (TPSA) is 9.23 Å². The maximum atomic E-state index is 4.53. The summed E-state index contributed by atoms with van der Waals surface area (Å²) < 4.78 is 4.53. The van der Waals surface area contributed by atoms with Crippen LogP contribution < -0.4 is 0 Å². The van der Waals surface area contributed by atoms with E-state index < -0.39 is 0 Å². The van der Waals surface area contributed by atoms with Gasteiger partial charge in [-0.1, -0.05) is 6.58 Å². The molecule has 0 aromatic heterocycles. The van der Waals surface area contributed by atoms with Crippen molar-refractivity contribution in [1.29, 1.82) is 0 Å². The van der Waals surface area contributed by atoms with Crippen molar-refractivity contribution >= 4 is 23.0 Å². The smallest absolute Gasteiger partial charge is 0.192 e. The van der Waals surface area contributed by atoms with Gasteiger partial charge in [-0.2, -0.15) is 0 Å². The molecular weight excluding hydrogens is 179 g/mol. The van der Waals surface area contributed by atoms with Crippen LogP contribution in [0.3, 0.4) is 0 Å². The third kappa shape index (κ3) is 4.27. The summed E-state index contributed by atoms with van der Waals surface area (Å²) in [6.07, 6.45) is 0. The zero-order valence-corrected chi connectivity index (χ0v) is 5.15. The lowest BCUT2D eigenvalue weighted by Gasteiger charge is -1.83. The molecular formula is C3H5IO. The molecule has 0 bridgehead atoms. The van der Waals surface area contributed by atoms with Crippen LogP contribution >= 0.6 is 23.0 Å². The van der Waals surface area contributed by atoms with Crippen LogP contribution in [0.1, 0.15) is 6.92 Å². The molecule has 0 rings (SSSR count). The Hall–Kier alpha value is 0.270. The first-order valence-corrected chi connectivity index (χ1v) is 2.09. The molecule has 0 saturated carbocycles. The highest BCUT2D eigenvalue weighted by molar-refractivity contribution is 14.1. The van der Waals surface area contributed by atoms with Crippen LogP contribution in [0, 0.1) is 0 Å². The molecule has 0 aliphatic rings. The van der Waals surface area contributed by atoms with Crippen molar-refractivity contribution in [1.82, 2.24) is 0 Å². The van der Waals surface area contributed by atoms with Gasteiger partial charge in [-0.3, -0.25) is 0 Å². The molecule has 0 heterocycles. The molecule has 0 N–H and O–H groups in total. The molecule has 30 valence electrons. The third-order valence-corrected chi connectivity index (χ3v) is 0.884. The number of rotatable bonds is 1. The number of hydrogen-bond donors (Lipinski definition) is 0. The molecule has 5 heavy (non-hydrogen) atoms. The molecule has 0 atom stereocenters. The minimum absolute atomic E-state index is 0.741. The second-order valence-electron chi connectivity index (χ2n) is 0.779. The summed E-state index contributed by atoms with van der Waals surface area (Å²) in [6, 6.07) is 0. The van der Waals surface area contributed by atoms with Crippen LogP contribution in [-0.2, 0) is 3.07 Å².